The minimum Gasteiger partial charge on any atom is -0.395 e. The number of halogens is 3. The highest BCUT2D eigenvalue weighted by molar-refractivity contribution is 5.58. The molecule has 0 amide bonds. The van der Waals surface area contributed by atoms with Crippen molar-refractivity contribution in [1.29, 1.82) is 0 Å². The van der Waals surface area contributed by atoms with Gasteiger partial charge in [0, 0.05) is 6.54 Å². The Labute approximate surface area is 104 Å². The quantitative estimate of drug-likeness (QED) is 0.589. The lowest BCUT2D eigenvalue weighted by atomic mass is 10.4. The molecule has 0 aliphatic rings. The molecular weight excluding hydrogens is 271 g/mol. The molecule has 0 aliphatic carbocycles. The monoisotopic (exact) mass is 281 g/mol. The van der Waals surface area contributed by atoms with E-state index in [1.54, 1.807) is 0 Å². The molecule has 3 N–H and O–H groups in total. The van der Waals surface area contributed by atoms with E-state index in [-0.39, 0.29) is 0 Å². The van der Waals surface area contributed by atoms with Crippen LogP contribution in [0.1, 0.15) is 0 Å². The molecule has 8 nitrogen and oxygen atoms in total. The second-order valence-electron chi connectivity index (χ2n) is 3.45. The third kappa shape index (κ3) is 4.21. The van der Waals surface area contributed by atoms with Gasteiger partial charge in [-0.1, -0.05) is 0 Å². The van der Waals surface area contributed by atoms with E-state index in [1.165, 1.54) is 0 Å². The van der Waals surface area contributed by atoms with E-state index in [0.29, 0.717) is 4.90 Å². The Morgan fingerprint density at radius 2 is 2.16 bits per heavy atom. The van der Waals surface area contributed by atoms with Crippen molar-refractivity contribution in [3.05, 3.63) is 16.3 Å². The molecule has 0 fully saturated rings. The summed E-state index contributed by atoms with van der Waals surface area (Å²) < 4.78 is 37.1. The standard InChI is InChI=1S/C8H10F3N5O3/c9-8(10,11)4-15(1-2-17)6-5(16(18)19)3-13-7(12)14-6/h3,17H,1-2,4H2,(H2,12,13,14). The number of nitrogen functional groups attached to an aromatic ring is 1. The molecule has 1 heterocycles. The summed E-state index contributed by atoms with van der Waals surface area (Å²) in [6.07, 6.45) is -3.89. The number of nitrogens with two attached hydrogens (primary N) is 1. The molecule has 0 saturated heterocycles. The van der Waals surface area contributed by atoms with Crippen LogP contribution in [0, 0.1) is 10.1 Å². The number of hydrogen-bond donors (Lipinski definition) is 2. The van der Waals surface area contributed by atoms with Crippen LogP contribution >= 0.6 is 0 Å². The van der Waals surface area contributed by atoms with Crippen molar-refractivity contribution < 1.29 is 23.2 Å². The Balaban J connectivity index is 3.20. The van der Waals surface area contributed by atoms with Gasteiger partial charge in [0.25, 0.3) is 0 Å². The lowest BCUT2D eigenvalue weighted by molar-refractivity contribution is -0.384. The van der Waals surface area contributed by atoms with E-state index in [9.17, 15) is 23.3 Å². The Hall–Kier alpha value is -2.17. The third-order valence-electron chi connectivity index (χ3n) is 2.00. The van der Waals surface area contributed by atoms with Gasteiger partial charge in [0.2, 0.25) is 11.8 Å². The fraction of sp³-hybridized carbons (Fsp3) is 0.500. The van der Waals surface area contributed by atoms with Gasteiger partial charge in [-0.2, -0.15) is 18.2 Å². The Morgan fingerprint density at radius 3 is 2.63 bits per heavy atom. The van der Waals surface area contributed by atoms with Gasteiger partial charge in [0.05, 0.1) is 11.5 Å². The smallest absolute Gasteiger partial charge is 0.395 e. The summed E-state index contributed by atoms with van der Waals surface area (Å²) in [5.74, 6) is -0.977. The second-order valence-corrected chi connectivity index (χ2v) is 3.45. The maximum Gasteiger partial charge on any atom is 0.405 e. The molecule has 19 heavy (non-hydrogen) atoms. The number of rotatable bonds is 5. The average Bonchev–Trinajstić information content (AvgIpc) is 2.26. The van der Waals surface area contributed by atoms with E-state index < -0.39 is 48.2 Å². The van der Waals surface area contributed by atoms with Gasteiger partial charge in [0.15, 0.2) is 0 Å². The van der Waals surface area contributed by atoms with Crippen molar-refractivity contribution in [2.45, 2.75) is 6.18 Å². The van der Waals surface area contributed by atoms with Crippen LogP contribution in [-0.2, 0) is 0 Å². The van der Waals surface area contributed by atoms with Crippen LogP contribution < -0.4 is 10.6 Å². The molecule has 0 atom stereocenters. The van der Waals surface area contributed by atoms with E-state index in [2.05, 4.69) is 9.97 Å². The highest BCUT2D eigenvalue weighted by Gasteiger charge is 2.34. The zero-order chi connectivity index (χ0) is 14.6. The normalized spacial score (nSPS) is 11.4. The molecule has 0 aromatic carbocycles. The van der Waals surface area contributed by atoms with Gasteiger partial charge in [-0.05, 0) is 0 Å². The van der Waals surface area contributed by atoms with Gasteiger partial charge in [-0.25, -0.2) is 4.98 Å². The van der Waals surface area contributed by atoms with Gasteiger partial charge in [0.1, 0.15) is 12.7 Å². The summed E-state index contributed by atoms with van der Waals surface area (Å²) in [6.45, 7) is -2.60. The minimum absolute atomic E-state index is 0.397. The fourth-order valence-electron chi connectivity index (χ4n) is 1.34. The zero-order valence-electron chi connectivity index (χ0n) is 9.46. The van der Waals surface area contributed by atoms with Crippen molar-refractivity contribution >= 4 is 17.5 Å². The average molecular weight is 281 g/mol. The second kappa shape index (κ2) is 5.65. The molecule has 0 aliphatic heterocycles. The molecular formula is C8H10F3N5O3. The molecule has 0 radical (unpaired) electrons. The van der Waals surface area contributed by atoms with Crippen molar-refractivity contribution in [3.63, 3.8) is 0 Å². The molecule has 0 bridgehead atoms. The first-order chi connectivity index (χ1) is 8.74. The lowest BCUT2D eigenvalue weighted by Crippen LogP contribution is -2.37. The first-order valence-corrected chi connectivity index (χ1v) is 4.94. The van der Waals surface area contributed by atoms with Gasteiger partial charge in [-0.15, -0.1) is 0 Å². The minimum atomic E-state index is -4.61. The maximum absolute atomic E-state index is 12.4. The molecule has 0 spiro atoms. The number of anilines is 2. The first-order valence-electron chi connectivity index (χ1n) is 4.94. The molecule has 1 aromatic rings. The van der Waals surface area contributed by atoms with Crippen LogP contribution in [0.4, 0.5) is 30.6 Å². The SMILES string of the molecule is Nc1ncc([N+](=O)[O-])c(N(CCO)CC(F)(F)F)n1. The summed E-state index contributed by atoms with van der Waals surface area (Å²) in [5.41, 5.74) is 4.49. The lowest BCUT2D eigenvalue weighted by Gasteiger charge is -2.23. The number of nitrogens with zero attached hydrogens (tertiary/aromatic N) is 4. The molecule has 1 aromatic heterocycles. The Bertz CT molecular complexity index is 467. The van der Waals surface area contributed by atoms with Crippen LogP contribution in [0.2, 0.25) is 0 Å². The van der Waals surface area contributed by atoms with E-state index >= 15 is 0 Å². The Morgan fingerprint density at radius 1 is 1.53 bits per heavy atom. The van der Waals surface area contributed by atoms with Gasteiger partial charge >= 0.3 is 11.9 Å². The number of nitro groups is 1. The highest BCUT2D eigenvalue weighted by atomic mass is 19.4. The third-order valence-corrected chi connectivity index (χ3v) is 2.00. The van der Waals surface area contributed by atoms with E-state index in [4.69, 9.17) is 10.8 Å². The van der Waals surface area contributed by atoms with E-state index in [1.807, 2.05) is 0 Å². The number of hydrogen-bond acceptors (Lipinski definition) is 7. The first kappa shape index (κ1) is 14.9. The molecule has 106 valence electrons. The summed E-state index contributed by atoms with van der Waals surface area (Å²) in [5, 5.41) is 19.5. The number of alkyl halides is 3. The van der Waals surface area contributed by atoms with Crippen LogP contribution in [0.3, 0.4) is 0 Å². The van der Waals surface area contributed by atoms with Crippen LogP contribution in [0.15, 0.2) is 6.20 Å². The van der Waals surface area contributed by atoms with Crippen molar-refractivity contribution in [2.75, 3.05) is 30.3 Å². The highest BCUT2D eigenvalue weighted by Crippen LogP contribution is 2.28. The van der Waals surface area contributed by atoms with Gasteiger partial charge < -0.3 is 15.7 Å². The summed E-state index contributed by atoms with van der Waals surface area (Å²) in [7, 11) is 0. The predicted octanol–water partition coefficient (Wildman–Crippen LogP) is 0.328. The fourth-order valence-corrected chi connectivity index (χ4v) is 1.34. The maximum atomic E-state index is 12.4. The summed E-state index contributed by atoms with van der Waals surface area (Å²) in [4.78, 5) is 17.1. The topological polar surface area (TPSA) is 118 Å². The molecule has 1 rings (SSSR count). The predicted molar refractivity (Wildman–Crippen MR) is 58.5 cm³/mol. The molecule has 0 saturated carbocycles. The van der Waals surface area contributed by atoms with E-state index in [0.717, 1.165) is 6.20 Å². The van der Waals surface area contributed by atoms with Crippen LogP contribution in [0.25, 0.3) is 0 Å². The van der Waals surface area contributed by atoms with Crippen LogP contribution in [-0.4, -0.2) is 45.9 Å². The van der Waals surface area contributed by atoms with Gasteiger partial charge in [-0.3, -0.25) is 10.1 Å². The number of aliphatic hydroxyl groups excluding tert-OH is 1. The molecule has 0 unspecified atom stereocenters. The van der Waals surface area contributed by atoms with Crippen LogP contribution in [0.5, 0.6) is 0 Å². The molecule has 11 heteroatoms. The number of aromatic nitrogens is 2. The summed E-state index contributed by atoms with van der Waals surface area (Å²) in [6, 6.07) is 0. The van der Waals surface area contributed by atoms with Crippen molar-refractivity contribution in [2.24, 2.45) is 0 Å². The zero-order valence-corrected chi connectivity index (χ0v) is 9.46. The van der Waals surface area contributed by atoms with Crippen molar-refractivity contribution in [3.8, 4) is 0 Å². The number of aliphatic hydroxyl groups is 1. The largest absolute Gasteiger partial charge is 0.405 e. The summed E-state index contributed by atoms with van der Waals surface area (Å²) >= 11 is 0. The Kier molecular flexibility index (Phi) is 4.43. The van der Waals surface area contributed by atoms with Crippen molar-refractivity contribution in [1.82, 2.24) is 9.97 Å².